The molecule has 0 aliphatic carbocycles. The van der Waals surface area contributed by atoms with E-state index in [0.29, 0.717) is 30.6 Å². The summed E-state index contributed by atoms with van der Waals surface area (Å²) in [5.74, 6) is 0.792. The van der Waals surface area contributed by atoms with Gasteiger partial charge in [0, 0.05) is 12.7 Å². The summed E-state index contributed by atoms with van der Waals surface area (Å²) in [4.78, 5) is 21.4. The minimum absolute atomic E-state index is 0.263. The molecule has 2 aromatic rings. The zero-order chi connectivity index (χ0) is 13.1. The van der Waals surface area contributed by atoms with Crippen LogP contribution in [0.4, 0.5) is 4.79 Å². The lowest BCUT2D eigenvalue weighted by Gasteiger charge is -2.24. The first-order valence-corrected chi connectivity index (χ1v) is 5.98. The van der Waals surface area contributed by atoms with Crippen LogP contribution in [0.1, 0.15) is 12.3 Å². The van der Waals surface area contributed by atoms with E-state index in [1.807, 2.05) is 12.1 Å². The Morgan fingerprint density at radius 3 is 3.11 bits per heavy atom. The molecule has 1 amide bonds. The van der Waals surface area contributed by atoms with Crippen molar-refractivity contribution in [3.8, 4) is 11.5 Å². The molecule has 2 aromatic heterocycles. The molecule has 3 rings (SSSR count). The predicted molar refractivity (Wildman–Crippen MR) is 63.9 cm³/mol. The molecule has 7 heteroatoms. The molecule has 0 radical (unpaired) electrons. The number of cyclic esters (lactones) is 1. The van der Waals surface area contributed by atoms with Crippen molar-refractivity contribution in [3.63, 3.8) is 0 Å². The Morgan fingerprint density at radius 1 is 1.37 bits per heavy atom. The Kier molecular flexibility index (Phi) is 3.09. The largest absolute Gasteiger partial charge is 0.449 e. The average Bonchev–Trinajstić information content (AvgIpc) is 2.91. The third-order valence-electron chi connectivity index (χ3n) is 2.74. The Labute approximate surface area is 109 Å². The highest BCUT2D eigenvalue weighted by Crippen LogP contribution is 2.14. The van der Waals surface area contributed by atoms with Gasteiger partial charge < -0.3 is 9.26 Å². The summed E-state index contributed by atoms with van der Waals surface area (Å²) in [5, 5.41) is 3.85. The first-order chi connectivity index (χ1) is 9.33. The van der Waals surface area contributed by atoms with Crippen molar-refractivity contribution in [1.29, 1.82) is 0 Å². The van der Waals surface area contributed by atoms with Crippen LogP contribution in [0.2, 0.25) is 0 Å². The molecule has 1 saturated heterocycles. The summed E-state index contributed by atoms with van der Waals surface area (Å²) in [6, 6.07) is 5.46. The molecule has 1 fully saturated rings. The molecule has 1 aliphatic rings. The van der Waals surface area contributed by atoms with E-state index in [-0.39, 0.29) is 12.6 Å². The smallest absolute Gasteiger partial charge is 0.410 e. The van der Waals surface area contributed by atoms with Crippen molar-refractivity contribution in [2.24, 2.45) is 0 Å². The molecule has 3 heterocycles. The third kappa shape index (κ3) is 2.54. The molecule has 7 nitrogen and oxygen atoms in total. The van der Waals surface area contributed by atoms with Crippen LogP contribution in [0.15, 0.2) is 28.9 Å². The third-order valence-corrected chi connectivity index (χ3v) is 2.74. The topological polar surface area (TPSA) is 81.4 Å². The molecule has 1 aliphatic heterocycles. The monoisotopic (exact) mass is 260 g/mol. The first kappa shape index (κ1) is 11.6. The van der Waals surface area contributed by atoms with E-state index in [1.165, 1.54) is 0 Å². The van der Waals surface area contributed by atoms with Crippen molar-refractivity contribution in [2.75, 3.05) is 13.2 Å². The number of pyridine rings is 1. The SMILES string of the molecule is O=C1OCCCN1Cc1nc(-c2ccccn2)no1. The molecule has 0 bridgehead atoms. The molecule has 0 spiro atoms. The van der Waals surface area contributed by atoms with Gasteiger partial charge in [-0.15, -0.1) is 0 Å². The summed E-state index contributed by atoms with van der Waals surface area (Å²) in [6.07, 6.45) is 2.13. The summed E-state index contributed by atoms with van der Waals surface area (Å²) in [6.45, 7) is 1.37. The fourth-order valence-electron chi connectivity index (χ4n) is 1.82. The van der Waals surface area contributed by atoms with Crippen molar-refractivity contribution in [1.82, 2.24) is 20.0 Å². The molecule has 0 saturated carbocycles. The minimum Gasteiger partial charge on any atom is -0.449 e. The average molecular weight is 260 g/mol. The van der Waals surface area contributed by atoms with Crippen LogP contribution in [0.3, 0.4) is 0 Å². The molecular formula is C12H12N4O3. The predicted octanol–water partition coefficient (Wildman–Crippen LogP) is 1.47. The normalized spacial score (nSPS) is 15.4. The van der Waals surface area contributed by atoms with E-state index in [9.17, 15) is 4.79 Å². The van der Waals surface area contributed by atoms with Gasteiger partial charge >= 0.3 is 6.09 Å². The van der Waals surface area contributed by atoms with Crippen LogP contribution in [0.25, 0.3) is 11.5 Å². The summed E-state index contributed by atoms with van der Waals surface area (Å²) in [7, 11) is 0. The number of hydrogen-bond acceptors (Lipinski definition) is 6. The van der Waals surface area contributed by atoms with E-state index in [2.05, 4.69) is 15.1 Å². The molecule has 0 N–H and O–H groups in total. The molecule has 0 aromatic carbocycles. The van der Waals surface area contributed by atoms with Gasteiger partial charge in [-0.05, 0) is 18.6 Å². The fraction of sp³-hybridized carbons (Fsp3) is 0.333. The van der Waals surface area contributed by atoms with E-state index in [1.54, 1.807) is 17.2 Å². The highest BCUT2D eigenvalue weighted by atomic mass is 16.6. The summed E-state index contributed by atoms with van der Waals surface area (Å²) >= 11 is 0. The highest BCUT2D eigenvalue weighted by molar-refractivity contribution is 5.68. The molecular weight excluding hydrogens is 248 g/mol. The number of nitrogens with zero attached hydrogens (tertiary/aromatic N) is 4. The zero-order valence-electron chi connectivity index (χ0n) is 10.2. The lowest BCUT2D eigenvalue weighted by Crippen LogP contribution is -2.37. The van der Waals surface area contributed by atoms with Gasteiger partial charge in [-0.1, -0.05) is 11.2 Å². The van der Waals surface area contributed by atoms with E-state index >= 15 is 0 Å². The maximum absolute atomic E-state index is 11.5. The second kappa shape index (κ2) is 5.05. The van der Waals surface area contributed by atoms with E-state index < -0.39 is 0 Å². The molecule has 19 heavy (non-hydrogen) atoms. The van der Waals surface area contributed by atoms with Crippen LogP contribution < -0.4 is 0 Å². The maximum atomic E-state index is 11.5. The Hall–Kier alpha value is -2.44. The molecule has 0 unspecified atom stereocenters. The van der Waals surface area contributed by atoms with Crippen molar-refractivity contribution >= 4 is 6.09 Å². The Bertz CT molecular complexity index is 569. The number of amides is 1. The van der Waals surface area contributed by atoms with Crippen LogP contribution in [0.5, 0.6) is 0 Å². The van der Waals surface area contributed by atoms with Gasteiger partial charge in [0.05, 0.1) is 6.61 Å². The van der Waals surface area contributed by atoms with Crippen molar-refractivity contribution in [3.05, 3.63) is 30.3 Å². The lowest BCUT2D eigenvalue weighted by molar-refractivity contribution is 0.0658. The van der Waals surface area contributed by atoms with Gasteiger partial charge in [0.15, 0.2) is 0 Å². The first-order valence-electron chi connectivity index (χ1n) is 5.98. The van der Waals surface area contributed by atoms with E-state index in [4.69, 9.17) is 9.26 Å². The van der Waals surface area contributed by atoms with Crippen LogP contribution in [0, 0.1) is 0 Å². The highest BCUT2D eigenvalue weighted by Gasteiger charge is 2.22. The fourth-order valence-corrected chi connectivity index (χ4v) is 1.82. The second-order valence-electron chi connectivity index (χ2n) is 4.12. The number of ether oxygens (including phenoxy) is 1. The molecule has 98 valence electrons. The number of carbonyl (C=O) groups is 1. The number of rotatable bonds is 3. The summed E-state index contributed by atoms with van der Waals surface area (Å²) in [5.41, 5.74) is 0.638. The number of aromatic nitrogens is 3. The van der Waals surface area contributed by atoms with Crippen molar-refractivity contribution < 1.29 is 14.1 Å². The maximum Gasteiger partial charge on any atom is 0.410 e. The number of hydrogen-bond donors (Lipinski definition) is 0. The molecule has 0 atom stereocenters. The zero-order valence-corrected chi connectivity index (χ0v) is 10.2. The van der Waals surface area contributed by atoms with Gasteiger partial charge in [0.1, 0.15) is 12.2 Å². The van der Waals surface area contributed by atoms with Crippen LogP contribution >= 0.6 is 0 Å². The van der Waals surface area contributed by atoms with Crippen molar-refractivity contribution in [2.45, 2.75) is 13.0 Å². The van der Waals surface area contributed by atoms with Gasteiger partial charge in [0.25, 0.3) is 0 Å². The van der Waals surface area contributed by atoms with E-state index in [0.717, 1.165) is 6.42 Å². The summed E-state index contributed by atoms with van der Waals surface area (Å²) < 4.78 is 10.1. The number of carbonyl (C=O) groups excluding carboxylic acids is 1. The standard InChI is InChI=1S/C12H12N4O3/c17-12-16(6-3-7-18-12)8-10-14-11(15-19-10)9-4-1-2-5-13-9/h1-2,4-5H,3,6-8H2. The Balaban J connectivity index is 1.73. The lowest BCUT2D eigenvalue weighted by atomic mass is 10.3. The van der Waals surface area contributed by atoms with Crippen LogP contribution in [-0.2, 0) is 11.3 Å². The van der Waals surface area contributed by atoms with Gasteiger partial charge in [-0.25, -0.2) is 4.79 Å². The van der Waals surface area contributed by atoms with Crippen LogP contribution in [-0.4, -0.2) is 39.3 Å². The second-order valence-corrected chi connectivity index (χ2v) is 4.12. The Morgan fingerprint density at radius 2 is 2.32 bits per heavy atom. The van der Waals surface area contributed by atoms with Gasteiger partial charge in [-0.2, -0.15) is 4.98 Å². The van der Waals surface area contributed by atoms with Gasteiger partial charge in [0.2, 0.25) is 11.7 Å². The quantitative estimate of drug-likeness (QED) is 0.831. The minimum atomic E-state index is -0.344. The van der Waals surface area contributed by atoms with Gasteiger partial charge in [-0.3, -0.25) is 9.88 Å².